The molecule has 0 atom stereocenters. The minimum Gasteiger partial charge on any atom is -0.288 e. The first-order valence-corrected chi connectivity index (χ1v) is 8.46. The number of hydrogen-bond acceptors (Lipinski definition) is 2. The summed E-state index contributed by atoms with van der Waals surface area (Å²) in [6, 6.07) is 14.1. The SMILES string of the molecule is CCCc1ccc(C2=C(SC(F)(F)F)C(=O)c3ccccc32)cc1. The van der Waals surface area contributed by atoms with Crippen molar-refractivity contribution in [2.75, 3.05) is 0 Å². The van der Waals surface area contributed by atoms with Gasteiger partial charge >= 0.3 is 5.51 Å². The Hall–Kier alpha value is -2.01. The second kappa shape index (κ2) is 6.48. The molecule has 1 nitrogen and oxygen atoms in total. The van der Waals surface area contributed by atoms with Crippen LogP contribution < -0.4 is 0 Å². The minimum atomic E-state index is -4.50. The monoisotopic (exact) mass is 348 g/mol. The highest BCUT2D eigenvalue weighted by Gasteiger charge is 2.39. The fourth-order valence-electron chi connectivity index (χ4n) is 2.88. The molecule has 0 bridgehead atoms. The average molecular weight is 348 g/mol. The highest BCUT2D eigenvalue weighted by molar-refractivity contribution is 8.05. The van der Waals surface area contributed by atoms with E-state index >= 15 is 0 Å². The van der Waals surface area contributed by atoms with Gasteiger partial charge in [0.2, 0.25) is 5.78 Å². The second-order valence-electron chi connectivity index (χ2n) is 5.57. The predicted octanol–water partition coefficient (Wildman–Crippen LogP) is 5.85. The topological polar surface area (TPSA) is 17.1 Å². The van der Waals surface area contributed by atoms with Crippen LogP contribution in [0.5, 0.6) is 0 Å². The molecule has 0 saturated carbocycles. The normalized spacial score (nSPS) is 14.2. The first-order valence-electron chi connectivity index (χ1n) is 7.64. The minimum absolute atomic E-state index is 0.244. The lowest BCUT2D eigenvalue weighted by Gasteiger charge is -2.10. The maximum Gasteiger partial charge on any atom is 0.446 e. The average Bonchev–Trinajstić information content (AvgIpc) is 2.80. The number of aryl methyl sites for hydroxylation is 1. The lowest BCUT2D eigenvalue weighted by Crippen LogP contribution is -2.05. The van der Waals surface area contributed by atoms with Gasteiger partial charge < -0.3 is 0 Å². The standard InChI is InChI=1S/C19H15F3OS/c1-2-5-12-8-10-13(11-9-12)16-14-6-3-4-7-15(14)17(23)18(16)24-19(20,21)22/h3-4,6-11H,2,5H2,1H3. The maximum absolute atomic E-state index is 12.9. The van der Waals surface area contributed by atoms with Crippen LogP contribution in [0.4, 0.5) is 13.2 Å². The van der Waals surface area contributed by atoms with Gasteiger partial charge in [0, 0.05) is 11.1 Å². The number of benzene rings is 2. The third-order valence-electron chi connectivity index (χ3n) is 3.87. The molecule has 0 fully saturated rings. The number of thioether (sulfide) groups is 1. The number of carbonyl (C=O) groups excluding carboxylic acids is 1. The summed E-state index contributed by atoms with van der Waals surface area (Å²) in [5.41, 5.74) is -1.46. The molecule has 1 aliphatic rings. The maximum atomic E-state index is 12.9. The predicted molar refractivity (Wildman–Crippen MR) is 90.9 cm³/mol. The first kappa shape index (κ1) is 16.8. The molecule has 3 rings (SSSR count). The molecule has 5 heteroatoms. The van der Waals surface area contributed by atoms with Crippen molar-refractivity contribution in [3.63, 3.8) is 0 Å². The van der Waals surface area contributed by atoms with E-state index in [9.17, 15) is 18.0 Å². The van der Waals surface area contributed by atoms with E-state index in [1.165, 1.54) is 0 Å². The van der Waals surface area contributed by atoms with Gasteiger partial charge in [-0.25, -0.2) is 0 Å². The van der Waals surface area contributed by atoms with Crippen molar-refractivity contribution in [2.24, 2.45) is 0 Å². The molecule has 0 aromatic heterocycles. The van der Waals surface area contributed by atoms with Crippen LogP contribution in [0.3, 0.4) is 0 Å². The van der Waals surface area contributed by atoms with Gasteiger partial charge in [0.15, 0.2) is 0 Å². The number of ketones is 1. The van der Waals surface area contributed by atoms with Crippen LogP contribution in [0.2, 0.25) is 0 Å². The molecule has 0 radical (unpaired) electrons. The van der Waals surface area contributed by atoms with Crippen molar-refractivity contribution in [1.29, 1.82) is 0 Å². The molecular formula is C19H15F3OS. The summed E-state index contributed by atoms with van der Waals surface area (Å²) >= 11 is -0.323. The molecule has 24 heavy (non-hydrogen) atoms. The molecule has 0 aliphatic heterocycles. The number of fused-ring (bicyclic) bond motifs is 1. The Labute approximate surface area is 142 Å². The van der Waals surface area contributed by atoms with Crippen molar-refractivity contribution in [1.82, 2.24) is 0 Å². The fraction of sp³-hybridized carbons (Fsp3) is 0.211. The third kappa shape index (κ3) is 3.26. The zero-order valence-corrected chi connectivity index (χ0v) is 13.8. The molecule has 0 unspecified atom stereocenters. The Morgan fingerprint density at radius 1 is 0.958 bits per heavy atom. The summed E-state index contributed by atoms with van der Waals surface area (Å²) in [6.45, 7) is 2.07. The van der Waals surface area contributed by atoms with Crippen LogP contribution in [0, 0.1) is 0 Å². The van der Waals surface area contributed by atoms with Gasteiger partial charge in [0.25, 0.3) is 0 Å². The fourth-order valence-corrected chi connectivity index (χ4v) is 3.65. The summed E-state index contributed by atoms with van der Waals surface area (Å²) in [5.74, 6) is -0.555. The highest BCUT2D eigenvalue weighted by atomic mass is 32.2. The van der Waals surface area contributed by atoms with Crippen molar-refractivity contribution < 1.29 is 18.0 Å². The van der Waals surface area contributed by atoms with Crippen molar-refractivity contribution >= 4 is 23.1 Å². The van der Waals surface area contributed by atoms with E-state index in [1.807, 2.05) is 12.1 Å². The second-order valence-corrected chi connectivity index (χ2v) is 6.65. The number of allylic oxidation sites excluding steroid dienone is 1. The van der Waals surface area contributed by atoms with E-state index in [1.54, 1.807) is 36.4 Å². The van der Waals surface area contributed by atoms with E-state index in [0.717, 1.165) is 18.4 Å². The molecule has 0 spiro atoms. The first-order chi connectivity index (χ1) is 11.4. The number of rotatable bonds is 4. The van der Waals surface area contributed by atoms with Gasteiger partial charge in [-0.15, -0.1) is 0 Å². The van der Waals surface area contributed by atoms with Crippen LogP contribution in [0.1, 0.15) is 40.4 Å². The summed E-state index contributed by atoms with van der Waals surface area (Å²) in [6.07, 6.45) is 1.91. The quantitative estimate of drug-likeness (QED) is 0.690. The molecule has 2 aromatic rings. The third-order valence-corrected chi connectivity index (χ3v) is 4.70. The zero-order valence-electron chi connectivity index (χ0n) is 13.0. The molecule has 0 heterocycles. The zero-order chi connectivity index (χ0) is 17.3. The van der Waals surface area contributed by atoms with Gasteiger partial charge in [-0.05, 0) is 34.9 Å². The summed E-state index contributed by atoms with van der Waals surface area (Å²) < 4.78 is 38.8. The van der Waals surface area contributed by atoms with Crippen LogP contribution in [-0.2, 0) is 6.42 Å². The molecule has 0 saturated heterocycles. The lowest BCUT2D eigenvalue weighted by molar-refractivity contribution is -0.0322. The number of hydrogen-bond donors (Lipinski definition) is 0. The van der Waals surface area contributed by atoms with E-state index in [2.05, 4.69) is 6.92 Å². The Morgan fingerprint density at radius 3 is 2.17 bits per heavy atom. The Kier molecular flexibility index (Phi) is 4.54. The Morgan fingerprint density at radius 2 is 1.58 bits per heavy atom. The molecule has 2 aromatic carbocycles. The van der Waals surface area contributed by atoms with Crippen molar-refractivity contribution in [3.8, 4) is 0 Å². The molecule has 0 amide bonds. The smallest absolute Gasteiger partial charge is 0.288 e. The summed E-state index contributed by atoms with van der Waals surface area (Å²) in [5, 5.41) is 0. The largest absolute Gasteiger partial charge is 0.446 e. The Bertz CT molecular complexity index is 804. The van der Waals surface area contributed by atoms with E-state index in [0.29, 0.717) is 22.3 Å². The Balaban J connectivity index is 2.12. The van der Waals surface area contributed by atoms with Crippen molar-refractivity contribution in [2.45, 2.75) is 25.3 Å². The van der Waals surface area contributed by atoms with E-state index in [4.69, 9.17) is 0 Å². The van der Waals surface area contributed by atoms with Gasteiger partial charge in [0.1, 0.15) is 0 Å². The van der Waals surface area contributed by atoms with E-state index < -0.39 is 11.3 Å². The number of Topliss-reactive ketones (excluding diaryl/α,β-unsaturated/α-hetero) is 1. The molecule has 124 valence electrons. The summed E-state index contributed by atoms with van der Waals surface area (Å²) in [7, 11) is 0. The molecular weight excluding hydrogens is 333 g/mol. The van der Waals surface area contributed by atoms with Gasteiger partial charge in [-0.2, -0.15) is 13.2 Å². The van der Waals surface area contributed by atoms with E-state index in [-0.39, 0.29) is 16.7 Å². The van der Waals surface area contributed by atoms with Crippen LogP contribution in [0.15, 0.2) is 53.4 Å². The van der Waals surface area contributed by atoms with Crippen LogP contribution in [-0.4, -0.2) is 11.3 Å². The van der Waals surface area contributed by atoms with Gasteiger partial charge in [-0.3, -0.25) is 4.79 Å². The lowest BCUT2D eigenvalue weighted by atomic mass is 9.97. The van der Waals surface area contributed by atoms with Gasteiger partial charge in [-0.1, -0.05) is 61.9 Å². The van der Waals surface area contributed by atoms with Crippen molar-refractivity contribution in [3.05, 3.63) is 75.7 Å². The number of carbonyl (C=O) groups is 1. The van der Waals surface area contributed by atoms with Crippen LogP contribution >= 0.6 is 11.8 Å². The number of halogens is 3. The van der Waals surface area contributed by atoms with Gasteiger partial charge in [0.05, 0.1) is 4.91 Å². The molecule has 0 N–H and O–H groups in total. The highest BCUT2D eigenvalue weighted by Crippen LogP contribution is 2.47. The summed E-state index contributed by atoms with van der Waals surface area (Å²) in [4.78, 5) is 12.2. The molecule has 1 aliphatic carbocycles. The number of alkyl halides is 3. The van der Waals surface area contributed by atoms with Crippen LogP contribution in [0.25, 0.3) is 5.57 Å².